The lowest BCUT2D eigenvalue weighted by atomic mass is 9.83. The van der Waals surface area contributed by atoms with Crippen molar-refractivity contribution in [3.63, 3.8) is 0 Å². The highest BCUT2D eigenvalue weighted by Crippen LogP contribution is 2.31. The maximum absolute atomic E-state index is 14.4. The van der Waals surface area contributed by atoms with Gasteiger partial charge in [0.05, 0.1) is 38.0 Å². The van der Waals surface area contributed by atoms with E-state index >= 15 is 0 Å². The second kappa shape index (κ2) is 20.8. The molecule has 16 heteroatoms. The number of amides is 6. The summed E-state index contributed by atoms with van der Waals surface area (Å²) in [5.74, 6) is -4.49. The highest BCUT2D eigenvalue weighted by atomic mass is 16.5. The van der Waals surface area contributed by atoms with E-state index < -0.39 is 83.8 Å². The first kappa shape index (κ1) is 44.7. The van der Waals surface area contributed by atoms with E-state index in [1.807, 2.05) is 34.6 Å². The maximum atomic E-state index is 14.4. The molecule has 1 saturated carbocycles. The molecule has 6 N–H and O–H groups in total. The van der Waals surface area contributed by atoms with Crippen molar-refractivity contribution in [3.05, 3.63) is 29.8 Å². The number of benzene rings is 1. The molecule has 6 amide bonds. The van der Waals surface area contributed by atoms with Gasteiger partial charge in [-0.3, -0.25) is 28.8 Å². The summed E-state index contributed by atoms with van der Waals surface area (Å²) in [6, 6.07) is 1.87. The van der Waals surface area contributed by atoms with Crippen molar-refractivity contribution in [2.75, 3.05) is 26.8 Å². The summed E-state index contributed by atoms with van der Waals surface area (Å²) in [5, 5.41) is 10.2. The second-order valence-corrected chi connectivity index (χ2v) is 15.7. The lowest BCUT2D eigenvalue weighted by molar-refractivity contribution is -0.143. The number of primary amides is 1. The van der Waals surface area contributed by atoms with Crippen LogP contribution in [0.2, 0.25) is 0 Å². The number of likely N-dealkylation sites (tertiary alicyclic amines) is 1. The minimum absolute atomic E-state index is 0.0736. The lowest BCUT2D eigenvalue weighted by Crippen LogP contribution is -2.58. The van der Waals surface area contributed by atoms with Crippen molar-refractivity contribution >= 4 is 41.4 Å². The fourth-order valence-corrected chi connectivity index (χ4v) is 6.90. The number of nitrogens with one attached hydrogen (secondary N) is 4. The molecule has 0 radical (unpaired) electrons. The normalized spacial score (nSPS) is 19.1. The molecule has 1 aliphatic heterocycles. The summed E-state index contributed by atoms with van der Waals surface area (Å²) >= 11 is 0. The molecule has 0 spiro atoms. The van der Waals surface area contributed by atoms with Gasteiger partial charge in [0, 0.05) is 13.0 Å². The topological polar surface area (TPSA) is 225 Å². The largest absolute Gasteiger partial charge is 0.497 e. The van der Waals surface area contributed by atoms with E-state index in [4.69, 9.17) is 19.9 Å². The van der Waals surface area contributed by atoms with Crippen LogP contribution in [0, 0.1) is 11.8 Å². The van der Waals surface area contributed by atoms with E-state index in [-0.39, 0.29) is 37.8 Å². The Hall–Kier alpha value is -4.73. The molecule has 1 heterocycles. The highest BCUT2D eigenvalue weighted by Gasteiger charge is 2.46. The van der Waals surface area contributed by atoms with E-state index in [2.05, 4.69) is 21.3 Å². The van der Waals surface area contributed by atoms with Crippen molar-refractivity contribution < 1.29 is 47.8 Å². The number of alkyl carbamates (subject to hydrolysis) is 1. The zero-order valence-electron chi connectivity index (χ0n) is 33.2. The Morgan fingerprint density at radius 1 is 0.982 bits per heavy atom. The molecular formula is C39H60N6O10. The molecule has 2 fully saturated rings. The fourth-order valence-electron chi connectivity index (χ4n) is 6.90. The van der Waals surface area contributed by atoms with Gasteiger partial charge in [0.2, 0.25) is 29.4 Å². The lowest BCUT2D eigenvalue weighted by Gasteiger charge is -2.34. The summed E-state index contributed by atoms with van der Waals surface area (Å²) in [6.07, 6.45) is 3.66. The molecule has 0 aromatic heterocycles. The van der Waals surface area contributed by atoms with Gasteiger partial charge >= 0.3 is 6.09 Å². The Morgan fingerprint density at radius 2 is 1.67 bits per heavy atom. The van der Waals surface area contributed by atoms with E-state index in [0.29, 0.717) is 17.7 Å². The first-order chi connectivity index (χ1) is 25.9. The van der Waals surface area contributed by atoms with Crippen LogP contribution in [-0.2, 0) is 38.2 Å². The molecule has 306 valence electrons. The molecule has 2 aliphatic rings. The van der Waals surface area contributed by atoms with Crippen LogP contribution in [0.15, 0.2) is 24.3 Å². The SMILES string of the molecule is CCCC(NC(=O)[C@@H]1C[C@@H](OC(C)(C)C)CN1C(=O)[C@@H](NC(=O)OCC(C)C)C1CCCCC1)C(=O)C(=O)NCC(=O)NC(C(N)=O)c1cccc(OC)c1. The summed E-state index contributed by atoms with van der Waals surface area (Å²) in [5.41, 5.74) is 5.28. The number of nitrogens with two attached hydrogens (primary N) is 1. The van der Waals surface area contributed by atoms with Crippen molar-refractivity contribution in [1.82, 2.24) is 26.2 Å². The Bertz CT molecular complexity index is 1520. The number of nitrogens with zero attached hydrogens (tertiary/aromatic N) is 1. The number of ether oxygens (including phenoxy) is 3. The summed E-state index contributed by atoms with van der Waals surface area (Å²) in [4.78, 5) is 94.1. The highest BCUT2D eigenvalue weighted by molar-refractivity contribution is 6.38. The van der Waals surface area contributed by atoms with Gasteiger partial charge in [0.15, 0.2) is 0 Å². The summed E-state index contributed by atoms with van der Waals surface area (Å²) in [6.45, 7) is 10.8. The zero-order valence-corrected chi connectivity index (χ0v) is 33.2. The molecule has 5 atom stereocenters. The molecule has 0 bridgehead atoms. The van der Waals surface area contributed by atoms with Crippen LogP contribution in [0.25, 0.3) is 0 Å². The van der Waals surface area contributed by atoms with Gasteiger partial charge in [-0.2, -0.15) is 0 Å². The standard InChI is InChI=1S/C39H60N6O10/c1-8-13-28(33(47)36(50)41-20-30(46)43-31(34(40)48)25-16-12-17-26(18-25)53-7)42-35(49)29-19-27(55-39(4,5)6)21-45(29)37(51)32(24-14-10-9-11-15-24)44-38(52)54-22-23(2)3/h12,16-18,23-24,27-29,31-32H,8-11,13-15,19-22H2,1-7H3,(H2,40,48)(H,41,50)(H,42,49)(H,43,46)(H,44,52)/t27-,28?,29+,31?,32+/m1/s1. The van der Waals surface area contributed by atoms with Crippen LogP contribution in [0.3, 0.4) is 0 Å². The molecule has 16 nitrogen and oxygen atoms in total. The van der Waals surface area contributed by atoms with Gasteiger partial charge < -0.3 is 46.1 Å². The third-order valence-electron chi connectivity index (χ3n) is 9.44. The fraction of sp³-hybridized carbons (Fsp3) is 0.667. The molecular weight excluding hydrogens is 712 g/mol. The van der Waals surface area contributed by atoms with Crippen molar-refractivity contribution in [2.24, 2.45) is 17.6 Å². The monoisotopic (exact) mass is 772 g/mol. The van der Waals surface area contributed by atoms with Crippen LogP contribution in [0.4, 0.5) is 4.79 Å². The number of methoxy groups -OCH3 is 1. The molecule has 1 aliphatic carbocycles. The van der Waals surface area contributed by atoms with Gasteiger partial charge in [0.1, 0.15) is 23.9 Å². The number of carbonyl (C=O) groups excluding carboxylic acids is 7. The third-order valence-corrected chi connectivity index (χ3v) is 9.44. The molecule has 2 unspecified atom stereocenters. The number of rotatable bonds is 18. The maximum Gasteiger partial charge on any atom is 0.407 e. The van der Waals surface area contributed by atoms with Crippen LogP contribution in [0.1, 0.15) is 105 Å². The number of ketones is 1. The summed E-state index contributed by atoms with van der Waals surface area (Å²) < 4.78 is 16.8. The van der Waals surface area contributed by atoms with Gasteiger partial charge in [-0.1, -0.05) is 58.6 Å². The van der Waals surface area contributed by atoms with Crippen molar-refractivity contribution in [1.29, 1.82) is 0 Å². The average Bonchev–Trinajstić information content (AvgIpc) is 3.56. The van der Waals surface area contributed by atoms with E-state index in [0.717, 1.165) is 32.1 Å². The van der Waals surface area contributed by atoms with Crippen LogP contribution < -0.4 is 31.7 Å². The minimum Gasteiger partial charge on any atom is -0.497 e. The van der Waals surface area contributed by atoms with Gasteiger partial charge in [-0.25, -0.2) is 4.79 Å². The van der Waals surface area contributed by atoms with Crippen LogP contribution >= 0.6 is 0 Å². The van der Waals surface area contributed by atoms with Crippen LogP contribution in [-0.4, -0.2) is 103 Å². The molecule has 1 aromatic carbocycles. The molecule has 55 heavy (non-hydrogen) atoms. The predicted octanol–water partition coefficient (Wildman–Crippen LogP) is 2.42. The number of hydrogen-bond acceptors (Lipinski definition) is 10. The molecule has 3 rings (SSSR count). The minimum atomic E-state index is -1.27. The zero-order chi connectivity index (χ0) is 40.9. The van der Waals surface area contributed by atoms with Gasteiger partial charge in [0.25, 0.3) is 5.91 Å². The number of carbonyl (C=O) groups is 7. The van der Waals surface area contributed by atoms with Gasteiger partial charge in [-0.05, 0) is 69.6 Å². The summed E-state index contributed by atoms with van der Waals surface area (Å²) in [7, 11) is 1.44. The first-order valence-electron chi connectivity index (χ1n) is 19.2. The average molecular weight is 773 g/mol. The Labute approximate surface area is 323 Å². The van der Waals surface area contributed by atoms with Crippen molar-refractivity contribution in [2.45, 2.75) is 129 Å². The first-order valence-corrected chi connectivity index (χ1v) is 19.2. The Morgan fingerprint density at radius 3 is 2.27 bits per heavy atom. The molecule has 1 saturated heterocycles. The van der Waals surface area contributed by atoms with E-state index in [9.17, 15) is 33.6 Å². The quantitative estimate of drug-likeness (QED) is 0.137. The second-order valence-electron chi connectivity index (χ2n) is 15.7. The number of hydrogen-bond donors (Lipinski definition) is 5. The van der Waals surface area contributed by atoms with Crippen molar-refractivity contribution in [3.8, 4) is 5.75 Å². The molecule has 1 aromatic rings. The number of Topliss-reactive ketones (excluding diaryl/α,β-unsaturated/α-hetero) is 1. The van der Waals surface area contributed by atoms with Gasteiger partial charge in [-0.15, -0.1) is 0 Å². The van der Waals surface area contributed by atoms with E-state index in [1.54, 1.807) is 25.1 Å². The smallest absolute Gasteiger partial charge is 0.407 e. The third kappa shape index (κ3) is 13.8. The van der Waals surface area contributed by atoms with Crippen LogP contribution in [0.5, 0.6) is 5.75 Å². The Kier molecular flexibility index (Phi) is 16.9. The predicted molar refractivity (Wildman–Crippen MR) is 202 cm³/mol. The van der Waals surface area contributed by atoms with E-state index in [1.165, 1.54) is 18.1 Å². The Balaban J connectivity index is 1.76.